The molecular formula is C18H19ClN2O. The van der Waals surface area contributed by atoms with Crippen LogP contribution in [0.1, 0.15) is 35.6 Å². The number of halogens is 1. The molecule has 3 rings (SSSR count). The number of aryl methyl sites for hydroxylation is 1. The van der Waals surface area contributed by atoms with Gasteiger partial charge in [0.25, 0.3) is 0 Å². The molecule has 1 unspecified atom stereocenters. The van der Waals surface area contributed by atoms with Crippen molar-refractivity contribution in [2.24, 2.45) is 0 Å². The van der Waals surface area contributed by atoms with Crippen molar-refractivity contribution in [3.63, 3.8) is 0 Å². The third-order valence-corrected chi connectivity index (χ3v) is 4.33. The van der Waals surface area contributed by atoms with Crippen molar-refractivity contribution < 1.29 is 4.79 Å². The van der Waals surface area contributed by atoms with E-state index in [4.69, 9.17) is 11.6 Å². The van der Waals surface area contributed by atoms with Gasteiger partial charge < -0.3 is 4.90 Å². The first-order valence-corrected chi connectivity index (χ1v) is 7.97. The molecule has 0 spiro atoms. The number of hydrogen-bond acceptors (Lipinski definition) is 2. The van der Waals surface area contributed by atoms with Crippen LogP contribution in [0.25, 0.3) is 0 Å². The van der Waals surface area contributed by atoms with Crippen LogP contribution in [0.5, 0.6) is 0 Å². The van der Waals surface area contributed by atoms with Crippen LogP contribution in [-0.4, -0.2) is 22.3 Å². The topological polar surface area (TPSA) is 33.2 Å². The standard InChI is InChI=1S/C18H19ClN2O/c1-13-8-14(12-20-11-13)9-18(22)21-7-3-6-17(21)15-4-2-5-16(19)10-15/h2,4-5,8,10-12,17H,3,6-7,9H2,1H3. The number of benzene rings is 1. The van der Waals surface area contributed by atoms with Crippen molar-refractivity contribution in [3.05, 3.63) is 64.4 Å². The summed E-state index contributed by atoms with van der Waals surface area (Å²) in [7, 11) is 0. The van der Waals surface area contributed by atoms with Crippen molar-refractivity contribution >= 4 is 17.5 Å². The molecule has 0 N–H and O–H groups in total. The summed E-state index contributed by atoms with van der Waals surface area (Å²) in [5.74, 6) is 0.162. The minimum absolute atomic E-state index is 0.143. The van der Waals surface area contributed by atoms with E-state index in [2.05, 4.69) is 11.1 Å². The molecule has 0 radical (unpaired) electrons. The van der Waals surface area contributed by atoms with Gasteiger partial charge in [-0.2, -0.15) is 0 Å². The summed E-state index contributed by atoms with van der Waals surface area (Å²) in [5, 5.41) is 0.722. The quantitative estimate of drug-likeness (QED) is 0.859. The van der Waals surface area contributed by atoms with E-state index in [0.717, 1.165) is 41.1 Å². The highest BCUT2D eigenvalue weighted by molar-refractivity contribution is 6.30. The molecule has 2 aromatic rings. The summed E-state index contributed by atoms with van der Waals surface area (Å²) in [6, 6.07) is 10.00. The van der Waals surface area contributed by atoms with E-state index in [1.807, 2.05) is 36.1 Å². The monoisotopic (exact) mass is 314 g/mol. The van der Waals surface area contributed by atoms with Gasteiger partial charge in [0.2, 0.25) is 5.91 Å². The first-order valence-electron chi connectivity index (χ1n) is 7.59. The molecule has 1 fully saturated rings. The average molecular weight is 315 g/mol. The zero-order valence-electron chi connectivity index (χ0n) is 12.6. The number of aromatic nitrogens is 1. The lowest BCUT2D eigenvalue weighted by Gasteiger charge is -2.25. The van der Waals surface area contributed by atoms with E-state index >= 15 is 0 Å². The largest absolute Gasteiger partial charge is 0.335 e. The summed E-state index contributed by atoms with van der Waals surface area (Å²) >= 11 is 6.09. The molecular weight excluding hydrogens is 296 g/mol. The fraction of sp³-hybridized carbons (Fsp3) is 0.333. The van der Waals surface area contributed by atoms with Crippen molar-refractivity contribution in [1.29, 1.82) is 0 Å². The number of amides is 1. The zero-order chi connectivity index (χ0) is 15.5. The molecule has 1 aliphatic heterocycles. The molecule has 2 heterocycles. The molecule has 1 aromatic heterocycles. The van der Waals surface area contributed by atoms with E-state index in [0.29, 0.717) is 6.42 Å². The first-order chi connectivity index (χ1) is 10.6. The summed E-state index contributed by atoms with van der Waals surface area (Å²) < 4.78 is 0. The molecule has 0 bridgehead atoms. The van der Waals surface area contributed by atoms with Gasteiger partial charge in [0.05, 0.1) is 12.5 Å². The molecule has 1 saturated heterocycles. The van der Waals surface area contributed by atoms with Crippen LogP contribution in [0.3, 0.4) is 0 Å². The number of pyridine rings is 1. The predicted octanol–water partition coefficient (Wildman–Crippen LogP) is 3.95. The summed E-state index contributed by atoms with van der Waals surface area (Å²) in [5.41, 5.74) is 3.18. The second kappa shape index (κ2) is 6.49. The van der Waals surface area contributed by atoms with E-state index in [-0.39, 0.29) is 11.9 Å². The lowest BCUT2D eigenvalue weighted by Crippen LogP contribution is -2.31. The Kier molecular flexibility index (Phi) is 4.44. The third kappa shape index (κ3) is 3.30. The van der Waals surface area contributed by atoms with Gasteiger partial charge in [-0.15, -0.1) is 0 Å². The minimum Gasteiger partial charge on any atom is -0.335 e. The van der Waals surface area contributed by atoms with E-state index < -0.39 is 0 Å². The molecule has 0 saturated carbocycles. The maximum absolute atomic E-state index is 12.7. The van der Waals surface area contributed by atoms with Gasteiger partial charge in [-0.05, 0) is 48.6 Å². The van der Waals surface area contributed by atoms with Crippen LogP contribution < -0.4 is 0 Å². The fourth-order valence-corrected chi connectivity index (χ4v) is 3.31. The van der Waals surface area contributed by atoms with Gasteiger partial charge in [-0.3, -0.25) is 9.78 Å². The van der Waals surface area contributed by atoms with Crippen LogP contribution in [0.4, 0.5) is 0 Å². The van der Waals surface area contributed by atoms with Crippen LogP contribution in [0.15, 0.2) is 42.7 Å². The molecule has 3 nitrogen and oxygen atoms in total. The first kappa shape index (κ1) is 15.0. The van der Waals surface area contributed by atoms with Crippen LogP contribution >= 0.6 is 11.6 Å². The Balaban J connectivity index is 1.76. The number of carbonyl (C=O) groups is 1. The summed E-state index contributed by atoms with van der Waals surface area (Å²) in [6.45, 7) is 2.81. The Morgan fingerprint density at radius 3 is 3.00 bits per heavy atom. The lowest BCUT2D eigenvalue weighted by atomic mass is 10.0. The van der Waals surface area contributed by atoms with Crippen molar-refractivity contribution in [1.82, 2.24) is 9.88 Å². The highest BCUT2D eigenvalue weighted by Crippen LogP contribution is 2.33. The van der Waals surface area contributed by atoms with Crippen LogP contribution in [0.2, 0.25) is 5.02 Å². The van der Waals surface area contributed by atoms with Crippen molar-refractivity contribution in [2.45, 2.75) is 32.2 Å². The maximum Gasteiger partial charge on any atom is 0.227 e. The molecule has 114 valence electrons. The van der Waals surface area contributed by atoms with Crippen LogP contribution in [-0.2, 0) is 11.2 Å². The van der Waals surface area contributed by atoms with Gasteiger partial charge in [0.1, 0.15) is 0 Å². The second-order valence-electron chi connectivity index (χ2n) is 5.85. The molecule has 0 aliphatic carbocycles. The Bertz CT molecular complexity index is 686. The van der Waals surface area contributed by atoms with Gasteiger partial charge in [0.15, 0.2) is 0 Å². The second-order valence-corrected chi connectivity index (χ2v) is 6.28. The van der Waals surface area contributed by atoms with Gasteiger partial charge >= 0.3 is 0 Å². The SMILES string of the molecule is Cc1cncc(CC(=O)N2CCCC2c2cccc(Cl)c2)c1. The van der Waals surface area contributed by atoms with Gasteiger partial charge in [0, 0.05) is 24.0 Å². The Labute approximate surface area is 135 Å². The smallest absolute Gasteiger partial charge is 0.227 e. The fourth-order valence-electron chi connectivity index (χ4n) is 3.12. The number of hydrogen-bond donors (Lipinski definition) is 0. The maximum atomic E-state index is 12.7. The molecule has 4 heteroatoms. The van der Waals surface area contributed by atoms with E-state index in [1.54, 1.807) is 12.4 Å². The number of carbonyl (C=O) groups excluding carboxylic acids is 1. The molecule has 1 aromatic carbocycles. The summed E-state index contributed by atoms with van der Waals surface area (Å²) in [4.78, 5) is 18.8. The number of rotatable bonds is 3. The Morgan fingerprint density at radius 1 is 1.36 bits per heavy atom. The predicted molar refractivity (Wildman–Crippen MR) is 87.8 cm³/mol. The van der Waals surface area contributed by atoms with Crippen molar-refractivity contribution in [3.8, 4) is 0 Å². The Hall–Kier alpha value is -1.87. The van der Waals surface area contributed by atoms with Gasteiger partial charge in [-0.1, -0.05) is 29.8 Å². The normalized spacial score (nSPS) is 17.7. The number of likely N-dealkylation sites (tertiary alicyclic amines) is 1. The number of nitrogens with zero attached hydrogens (tertiary/aromatic N) is 2. The van der Waals surface area contributed by atoms with Gasteiger partial charge in [-0.25, -0.2) is 0 Å². The van der Waals surface area contributed by atoms with Crippen molar-refractivity contribution in [2.75, 3.05) is 6.54 Å². The molecule has 22 heavy (non-hydrogen) atoms. The molecule has 1 amide bonds. The third-order valence-electron chi connectivity index (χ3n) is 4.09. The summed E-state index contributed by atoms with van der Waals surface area (Å²) in [6.07, 6.45) is 6.02. The van der Waals surface area contributed by atoms with E-state index in [9.17, 15) is 4.79 Å². The highest BCUT2D eigenvalue weighted by atomic mass is 35.5. The molecule has 1 atom stereocenters. The Morgan fingerprint density at radius 2 is 2.23 bits per heavy atom. The average Bonchev–Trinajstić information content (AvgIpc) is 2.97. The minimum atomic E-state index is 0.143. The molecule has 1 aliphatic rings. The zero-order valence-corrected chi connectivity index (χ0v) is 13.4. The van der Waals surface area contributed by atoms with E-state index in [1.165, 1.54) is 0 Å². The highest BCUT2D eigenvalue weighted by Gasteiger charge is 2.29. The lowest BCUT2D eigenvalue weighted by molar-refractivity contribution is -0.131. The van der Waals surface area contributed by atoms with Crippen LogP contribution in [0, 0.1) is 6.92 Å².